The maximum absolute atomic E-state index is 4.46. The number of rotatable bonds is 2. The largest absolute Gasteiger partial charge is 0.291 e. The minimum Gasteiger partial charge on any atom is -0.291 e. The summed E-state index contributed by atoms with van der Waals surface area (Å²) >= 11 is 0. The van der Waals surface area contributed by atoms with Crippen LogP contribution in [0.2, 0.25) is 0 Å². The molecule has 1 heteroatoms. The molecule has 1 rings (SSSR count). The van der Waals surface area contributed by atoms with Crippen LogP contribution in [0.5, 0.6) is 0 Å². The minimum absolute atomic E-state index is 0.491. The smallest absolute Gasteiger partial charge is 0.0442 e. The summed E-state index contributed by atoms with van der Waals surface area (Å²) in [5.74, 6) is 0.854. The number of hydrogen-bond acceptors (Lipinski definition) is 1. The molecule has 1 nitrogen and oxygen atoms in total. The predicted molar refractivity (Wildman–Crippen MR) is 41.0 cm³/mol. The van der Waals surface area contributed by atoms with Gasteiger partial charge >= 0.3 is 0 Å². The van der Waals surface area contributed by atoms with Crippen molar-refractivity contribution >= 4 is 5.71 Å². The van der Waals surface area contributed by atoms with Crippen LogP contribution in [0.25, 0.3) is 0 Å². The summed E-state index contributed by atoms with van der Waals surface area (Å²) in [6.45, 7) is 6.41. The zero-order valence-corrected chi connectivity index (χ0v) is 6.52. The van der Waals surface area contributed by atoms with E-state index >= 15 is 0 Å². The molecule has 0 aromatic carbocycles. The molecule has 9 heavy (non-hydrogen) atoms. The summed E-state index contributed by atoms with van der Waals surface area (Å²) in [4.78, 5) is 4.46. The zero-order chi connectivity index (χ0) is 6.85. The van der Waals surface area contributed by atoms with Crippen LogP contribution in [-0.2, 0) is 0 Å². The fraction of sp³-hybridized carbons (Fsp3) is 0.875. The molecule has 0 aliphatic heterocycles. The van der Waals surface area contributed by atoms with Gasteiger partial charge in [-0.15, -0.1) is 0 Å². The molecule has 0 spiro atoms. The highest BCUT2D eigenvalue weighted by Gasteiger charge is 2.24. The van der Waals surface area contributed by atoms with Crippen molar-refractivity contribution in [2.24, 2.45) is 10.9 Å². The first-order valence-corrected chi connectivity index (χ1v) is 3.74. The Labute approximate surface area is 57.2 Å². The van der Waals surface area contributed by atoms with Crippen molar-refractivity contribution in [3.8, 4) is 0 Å². The van der Waals surface area contributed by atoms with E-state index in [0.717, 1.165) is 5.92 Å². The highest BCUT2D eigenvalue weighted by molar-refractivity contribution is 5.86. The van der Waals surface area contributed by atoms with Gasteiger partial charge in [0.05, 0.1) is 0 Å². The fourth-order valence-corrected chi connectivity index (χ4v) is 1.01. The molecule has 1 aliphatic carbocycles. The molecule has 52 valence electrons. The molecule has 0 aromatic rings. The second-order valence-corrected chi connectivity index (χ2v) is 3.14. The van der Waals surface area contributed by atoms with Gasteiger partial charge in [-0.3, -0.25) is 4.99 Å². The van der Waals surface area contributed by atoms with E-state index in [0.29, 0.717) is 6.04 Å². The van der Waals surface area contributed by atoms with Crippen molar-refractivity contribution in [3.05, 3.63) is 0 Å². The maximum atomic E-state index is 4.46. The molecule has 1 fully saturated rings. The molecule has 0 heterocycles. The zero-order valence-electron chi connectivity index (χ0n) is 6.52. The molecule has 0 radical (unpaired) electrons. The van der Waals surface area contributed by atoms with E-state index < -0.39 is 0 Å². The summed E-state index contributed by atoms with van der Waals surface area (Å²) < 4.78 is 0. The molecule has 0 N–H and O–H groups in total. The molecule has 1 aliphatic rings. The monoisotopic (exact) mass is 125 g/mol. The second kappa shape index (κ2) is 2.51. The summed E-state index contributed by atoms with van der Waals surface area (Å²) in [6.07, 6.45) is 2.75. The van der Waals surface area contributed by atoms with Crippen molar-refractivity contribution in [1.82, 2.24) is 0 Å². The van der Waals surface area contributed by atoms with E-state index in [1.165, 1.54) is 18.6 Å². The van der Waals surface area contributed by atoms with E-state index in [9.17, 15) is 0 Å². The van der Waals surface area contributed by atoms with Crippen LogP contribution < -0.4 is 0 Å². The lowest BCUT2D eigenvalue weighted by Gasteiger charge is -1.98. The third-order valence-electron chi connectivity index (χ3n) is 1.63. The molecule has 0 bridgehead atoms. The Balaban J connectivity index is 2.37. The van der Waals surface area contributed by atoms with E-state index in [2.05, 4.69) is 25.8 Å². The van der Waals surface area contributed by atoms with Gasteiger partial charge in [0.2, 0.25) is 0 Å². The van der Waals surface area contributed by atoms with E-state index in [1.807, 2.05) is 0 Å². The molecule has 0 aromatic heterocycles. The molecular formula is C8H15N. The Morgan fingerprint density at radius 3 is 2.33 bits per heavy atom. The summed E-state index contributed by atoms with van der Waals surface area (Å²) in [5.41, 5.74) is 1.37. The van der Waals surface area contributed by atoms with Crippen molar-refractivity contribution in [2.45, 2.75) is 39.7 Å². The first kappa shape index (κ1) is 6.79. The first-order valence-electron chi connectivity index (χ1n) is 3.74. The molecule has 0 saturated heterocycles. The Bertz CT molecular complexity index is 121. The van der Waals surface area contributed by atoms with Crippen molar-refractivity contribution in [1.29, 1.82) is 0 Å². The van der Waals surface area contributed by atoms with Gasteiger partial charge in [0.15, 0.2) is 0 Å². The number of aliphatic imine (C=N–C) groups is 1. The normalized spacial score (nSPS) is 21.1. The number of hydrogen-bond donors (Lipinski definition) is 0. The van der Waals surface area contributed by atoms with Crippen LogP contribution in [0, 0.1) is 5.92 Å². The average Bonchev–Trinajstić information content (AvgIpc) is 2.40. The van der Waals surface area contributed by atoms with Crippen molar-refractivity contribution < 1.29 is 0 Å². The summed E-state index contributed by atoms with van der Waals surface area (Å²) in [5, 5.41) is 0. The first-order chi connectivity index (χ1) is 4.20. The van der Waals surface area contributed by atoms with E-state index in [4.69, 9.17) is 0 Å². The second-order valence-electron chi connectivity index (χ2n) is 3.14. The van der Waals surface area contributed by atoms with Crippen LogP contribution >= 0.6 is 0 Å². The molecule has 0 unspecified atom stereocenters. The van der Waals surface area contributed by atoms with Crippen LogP contribution in [-0.4, -0.2) is 11.8 Å². The quantitative estimate of drug-likeness (QED) is 0.502. The van der Waals surface area contributed by atoms with Gasteiger partial charge < -0.3 is 0 Å². The van der Waals surface area contributed by atoms with Gasteiger partial charge in [-0.05, 0) is 39.5 Å². The third-order valence-corrected chi connectivity index (χ3v) is 1.63. The van der Waals surface area contributed by atoms with Gasteiger partial charge in [-0.2, -0.15) is 0 Å². The lowest BCUT2D eigenvalue weighted by molar-refractivity contribution is 0.825. The van der Waals surface area contributed by atoms with Crippen LogP contribution in [0.1, 0.15) is 33.6 Å². The molecule has 0 amide bonds. The van der Waals surface area contributed by atoms with Gasteiger partial charge in [-0.1, -0.05) is 0 Å². The Kier molecular flexibility index (Phi) is 1.89. The lowest BCUT2D eigenvalue weighted by Crippen LogP contribution is -1.99. The van der Waals surface area contributed by atoms with Crippen LogP contribution in [0.15, 0.2) is 4.99 Å². The molecule has 1 saturated carbocycles. The lowest BCUT2D eigenvalue weighted by atomic mass is 10.2. The van der Waals surface area contributed by atoms with E-state index in [1.54, 1.807) is 0 Å². The highest BCUT2D eigenvalue weighted by atomic mass is 14.8. The average molecular weight is 125 g/mol. The Morgan fingerprint density at radius 1 is 1.44 bits per heavy atom. The third kappa shape index (κ3) is 2.17. The minimum atomic E-state index is 0.491. The Hall–Kier alpha value is -0.330. The summed E-state index contributed by atoms with van der Waals surface area (Å²) in [7, 11) is 0. The van der Waals surface area contributed by atoms with Gasteiger partial charge in [0.1, 0.15) is 0 Å². The molecule has 0 atom stereocenters. The summed E-state index contributed by atoms with van der Waals surface area (Å²) in [6, 6.07) is 0.491. The maximum Gasteiger partial charge on any atom is 0.0442 e. The van der Waals surface area contributed by atoms with Gasteiger partial charge in [0.25, 0.3) is 0 Å². The predicted octanol–water partition coefficient (Wildman–Crippen LogP) is 2.27. The standard InChI is InChI=1S/C8H15N/c1-6(2)9-7(3)8-4-5-8/h6,8H,4-5H2,1-3H3. The van der Waals surface area contributed by atoms with E-state index in [-0.39, 0.29) is 0 Å². The van der Waals surface area contributed by atoms with Crippen LogP contribution in [0.4, 0.5) is 0 Å². The highest BCUT2D eigenvalue weighted by Crippen LogP contribution is 2.30. The van der Waals surface area contributed by atoms with Crippen LogP contribution in [0.3, 0.4) is 0 Å². The van der Waals surface area contributed by atoms with Gasteiger partial charge in [0, 0.05) is 11.8 Å². The van der Waals surface area contributed by atoms with Gasteiger partial charge in [-0.25, -0.2) is 0 Å². The SMILES string of the molecule is CC(=NC(C)C)C1CC1. The molecular weight excluding hydrogens is 110 g/mol. The Morgan fingerprint density at radius 2 is 2.00 bits per heavy atom. The number of nitrogens with zero attached hydrogens (tertiary/aromatic N) is 1. The van der Waals surface area contributed by atoms with Crippen molar-refractivity contribution in [3.63, 3.8) is 0 Å². The topological polar surface area (TPSA) is 12.4 Å². The van der Waals surface area contributed by atoms with Crippen molar-refractivity contribution in [2.75, 3.05) is 0 Å². The fourth-order valence-electron chi connectivity index (χ4n) is 1.01.